The van der Waals surface area contributed by atoms with Crippen LogP contribution in [0.25, 0.3) is 0 Å². The largest absolute Gasteiger partial charge is 0.508 e. The summed E-state index contributed by atoms with van der Waals surface area (Å²) >= 11 is 0. The number of halogens is 2. The number of phenolic OH excluding ortho intramolecular Hbond substituents is 1. The van der Waals surface area contributed by atoms with Crippen molar-refractivity contribution in [1.82, 2.24) is 21.3 Å². The lowest BCUT2D eigenvalue weighted by Gasteiger charge is -2.13. The number of guanidine groups is 1. The van der Waals surface area contributed by atoms with Crippen LogP contribution >= 0.6 is 0 Å². The number of hydrogen-bond acceptors (Lipinski definition) is 5. The second kappa shape index (κ2) is 13.8. The van der Waals surface area contributed by atoms with E-state index in [-0.39, 0.29) is 43.0 Å². The van der Waals surface area contributed by atoms with Gasteiger partial charge in [-0.25, -0.2) is 13.6 Å². The Kier molecular flexibility index (Phi) is 11.5. The van der Waals surface area contributed by atoms with Crippen LogP contribution in [0.15, 0.2) is 17.1 Å². The monoisotopic (exact) mass is 456 g/mol. The molecule has 178 valence electrons. The number of aromatic hydroxyl groups is 1. The molecule has 0 radical (unpaired) electrons. The molecule has 0 aliphatic carbocycles. The lowest BCUT2D eigenvalue weighted by atomic mass is 10.0. The lowest BCUT2D eigenvalue weighted by Crippen LogP contribution is -2.45. The third-order valence-corrected chi connectivity index (χ3v) is 4.39. The summed E-state index contributed by atoms with van der Waals surface area (Å²) in [5.74, 6) is -3.45. The lowest BCUT2D eigenvalue weighted by molar-refractivity contribution is -0.125. The third-order valence-electron chi connectivity index (χ3n) is 4.39. The smallest absolute Gasteiger partial charge is 0.321 e. The minimum Gasteiger partial charge on any atom is -0.508 e. The molecule has 0 spiro atoms. The normalized spacial score (nSPS) is 12.1. The van der Waals surface area contributed by atoms with E-state index in [0.29, 0.717) is 25.8 Å². The molecule has 10 nitrogen and oxygen atoms in total. The van der Waals surface area contributed by atoms with Crippen molar-refractivity contribution in [3.63, 3.8) is 0 Å². The summed E-state index contributed by atoms with van der Waals surface area (Å²) in [7, 11) is 0. The van der Waals surface area contributed by atoms with Crippen LogP contribution in [0.5, 0.6) is 5.75 Å². The first kappa shape index (κ1) is 26.6. The Balaban J connectivity index is 2.28. The minimum atomic E-state index is -0.942. The molecule has 1 rings (SSSR count). The van der Waals surface area contributed by atoms with Gasteiger partial charge < -0.3 is 26.8 Å². The van der Waals surface area contributed by atoms with Crippen LogP contribution in [0.4, 0.5) is 13.6 Å². The van der Waals surface area contributed by atoms with E-state index in [1.54, 1.807) is 13.8 Å². The van der Waals surface area contributed by atoms with Gasteiger partial charge in [-0.2, -0.15) is 0 Å². The van der Waals surface area contributed by atoms with Crippen molar-refractivity contribution in [3.8, 4) is 5.75 Å². The molecule has 0 bridgehead atoms. The van der Waals surface area contributed by atoms with E-state index in [1.165, 1.54) is 0 Å². The Hall–Kier alpha value is -3.44. The van der Waals surface area contributed by atoms with Gasteiger partial charge in [0.15, 0.2) is 5.96 Å². The van der Waals surface area contributed by atoms with E-state index in [1.807, 2.05) is 0 Å². The molecule has 0 heterocycles. The van der Waals surface area contributed by atoms with E-state index < -0.39 is 29.3 Å². The van der Waals surface area contributed by atoms with Crippen molar-refractivity contribution in [1.29, 1.82) is 0 Å². The molecule has 32 heavy (non-hydrogen) atoms. The Morgan fingerprint density at radius 1 is 1.12 bits per heavy atom. The van der Waals surface area contributed by atoms with Crippen LogP contribution in [-0.4, -0.2) is 48.5 Å². The number of phenols is 1. The Labute approximate surface area is 185 Å². The summed E-state index contributed by atoms with van der Waals surface area (Å²) in [6.07, 6.45) is 1.29. The van der Waals surface area contributed by atoms with E-state index in [2.05, 4.69) is 26.3 Å². The van der Waals surface area contributed by atoms with Crippen LogP contribution in [0, 0.1) is 17.6 Å². The number of hydrogen-bond donors (Lipinski definition) is 6. The molecule has 12 heteroatoms. The highest BCUT2D eigenvalue weighted by Crippen LogP contribution is 2.19. The average molecular weight is 456 g/mol. The van der Waals surface area contributed by atoms with Crippen LogP contribution in [0.2, 0.25) is 0 Å². The number of nitrogens with zero attached hydrogens (tertiary/aromatic N) is 1. The molecule has 0 aromatic heterocycles. The molecule has 0 saturated heterocycles. The fourth-order valence-corrected chi connectivity index (χ4v) is 2.54. The zero-order valence-electron chi connectivity index (χ0n) is 18.1. The maximum absolute atomic E-state index is 13.7. The van der Waals surface area contributed by atoms with Crippen LogP contribution in [-0.2, 0) is 16.1 Å². The molecule has 0 unspecified atom stereocenters. The van der Waals surface area contributed by atoms with Gasteiger partial charge in [-0.15, -0.1) is 0 Å². The minimum absolute atomic E-state index is 0.0875. The van der Waals surface area contributed by atoms with Crippen LogP contribution < -0.4 is 27.0 Å². The van der Waals surface area contributed by atoms with Gasteiger partial charge in [-0.05, 0) is 12.8 Å². The Bertz CT molecular complexity index is 811. The number of carbonyl (C=O) groups excluding carboxylic acids is 3. The molecule has 1 aromatic rings. The van der Waals surface area contributed by atoms with E-state index in [9.17, 15) is 23.2 Å². The van der Waals surface area contributed by atoms with Gasteiger partial charge in [0, 0.05) is 56.2 Å². The standard InChI is InChI=1S/C20H30F2N6O4/c1-3-17(30)24-7-8-26-20(32)28-19(23)25-6-4-5-12(2)18(31)27-11-14-15(21)9-13(29)10-16(14)22/h9-10,12,29H,3-8,11H2,1-2H3,(H,24,30)(H,27,31)(H4,23,25,26,28,32)/t12-/m1/s1. The fraction of sp³-hybridized carbons (Fsp3) is 0.500. The number of amides is 4. The molecule has 7 N–H and O–H groups in total. The topological polar surface area (TPSA) is 158 Å². The number of rotatable bonds is 11. The zero-order chi connectivity index (χ0) is 24.1. The molecule has 4 amide bonds. The first-order valence-corrected chi connectivity index (χ1v) is 10.2. The van der Waals surface area contributed by atoms with E-state index >= 15 is 0 Å². The second-order valence-corrected chi connectivity index (χ2v) is 7.00. The molecule has 0 aliphatic rings. The summed E-state index contributed by atoms with van der Waals surface area (Å²) in [5, 5.41) is 19.1. The summed E-state index contributed by atoms with van der Waals surface area (Å²) in [5.41, 5.74) is 5.28. The molecule has 1 aromatic carbocycles. The van der Waals surface area contributed by atoms with E-state index in [0.717, 1.165) is 12.1 Å². The van der Waals surface area contributed by atoms with Gasteiger partial charge in [-0.1, -0.05) is 13.8 Å². The van der Waals surface area contributed by atoms with Crippen molar-refractivity contribution in [3.05, 3.63) is 29.3 Å². The Morgan fingerprint density at radius 2 is 1.75 bits per heavy atom. The van der Waals surface area contributed by atoms with Crippen molar-refractivity contribution in [2.75, 3.05) is 19.6 Å². The number of carbonyl (C=O) groups is 3. The predicted octanol–water partition coefficient (Wildman–Crippen LogP) is 0.843. The van der Waals surface area contributed by atoms with Crippen molar-refractivity contribution in [2.45, 2.75) is 39.7 Å². The van der Waals surface area contributed by atoms with Gasteiger partial charge in [0.1, 0.15) is 17.4 Å². The number of aliphatic imine (C=N–C) groups is 1. The number of nitrogens with two attached hydrogens (primary N) is 1. The van der Waals surface area contributed by atoms with Crippen molar-refractivity contribution < 1.29 is 28.3 Å². The third kappa shape index (κ3) is 10.0. The van der Waals surface area contributed by atoms with Gasteiger partial charge >= 0.3 is 6.03 Å². The summed E-state index contributed by atoms with van der Waals surface area (Å²) in [6, 6.07) is 0.989. The fourth-order valence-electron chi connectivity index (χ4n) is 2.54. The highest BCUT2D eigenvalue weighted by Gasteiger charge is 2.16. The highest BCUT2D eigenvalue weighted by atomic mass is 19.1. The molecule has 0 saturated carbocycles. The highest BCUT2D eigenvalue weighted by molar-refractivity contribution is 5.95. The number of nitrogens with one attached hydrogen (secondary N) is 4. The maximum Gasteiger partial charge on any atom is 0.321 e. The summed E-state index contributed by atoms with van der Waals surface area (Å²) in [6.45, 7) is 3.83. The van der Waals surface area contributed by atoms with Crippen molar-refractivity contribution >= 4 is 23.8 Å². The quantitative estimate of drug-likeness (QED) is 0.165. The molecule has 1 atom stereocenters. The van der Waals surface area contributed by atoms with Gasteiger partial charge in [-0.3, -0.25) is 19.9 Å². The van der Waals surface area contributed by atoms with Crippen LogP contribution in [0.1, 0.15) is 38.7 Å². The average Bonchev–Trinajstić information content (AvgIpc) is 2.72. The molecular weight excluding hydrogens is 426 g/mol. The summed E-state index contributed by atoms with van der Waals surface area (Å²) < 4.78 is 27.4. The second-order valence-electron chi connectivity index (χ2n) is 7.00. The first-order chi connectivity index (χ1) is 15.1. The predicted molar refractivity (Wildman–Crippen MR) is 115 cm³/mol. The Morgan fingerprint density at radius 3 is 2.38 bits per heavy atom. The SMILES string of the molecule is CCC(=O)NCCNC(=O)NC(N)=NCCC[C@@H](C)C(=O)NCc1c(F)cc(O)cc1F. The maximum atomic E-state index is 13.7. The van der Waals surface area contributed by atoms with Crippen LogP contribution in [0.3, 0.4) is 0 Å². The van der Waals surface area contributed by atoms with Gasteiger partial charge in [0.25, 0.3) is 0 Å². The van der Waals surface area contributed by atoms with E-state index in [4.69, 9.17) is 10.8 Å². The van der Waals surface area contributed by atoms with Crippen molar-refractivity contribution in [2.24, 2.45) is 16.6 Å². The first-order valence-electron chi connectivity index (χ1n) is 10.2. The molecule has 0 aliphatic heterocycles. The van der Waals surface area contributed by atoms with Gasteiger partial charge in [0.05, 0.1) is 0 Å². The van der Waals surface area contributed by atoms with Gasteiger partial charge in [0.2, 0.25) is 11.8 Å². The number of urea groups is 1. The number of benzene rings is 1. The summed E-state index contributed by atoms with van der Waals surface area (Å²) in [4.78, 5) is 38.8. The molecule has 0 fully saturated rings. The zero-order valence-corrected chi connectivity index (χ0v) is 18.1. The molecular formula is C20H30F2N6O4.